The molecule has 6 nitrogen and oxygen atoms in total. The largest absolute Gasteiger partial charge is 0.370 e. The van der Waals surface area contributed by atoms with E-state index in [4.69, 9.17) is 11.6 Å². The van der Waals surface area contributed by atoms with Gasteiger partial charge >= 0.3 is 0 Å². The lowest BCUT2D eigenvalue weighted by Gasteiger charge is -2.12. The van der Waals surface area contributed by atoms with Crippen molar-refractivity contribution in [2.45, 2.75) is 26.2 Å². The van der Waals surface area contributed by atoms with Gasteiger partial charge in [0.2, 0.25) is 0 Å². The molecule has 0 atom stereocenters. The normalized spacial score (nSPS) is 11.2. The van der Waals surface area contributed by atoms with Crippen LogP contribution in [0.3, 0.4) is 0 Å². The molecule has 2 N–H and O–H groups in total. The molecule has 1 aromatic heterocycles. The standard InChI is InChI=1S/C12H17ClN4O2/c1-3-4-5-9-10(6-7-11(13)15-9)16-12(14-2)8-17(18)19/h6-8,14,16H,3-5H2,1-2H3/b12-8+. The van der Waals surface area contributed by atoms with Crippen molar-refractivity contribution in [1.82, 2.24) is 10.3 Å². The monoisotopic (exact) mass is 284 g/mol. The molecule has 0 aromatic carbocycles. The van der Waals surface area contributed by atoms with Crippen molar-refractivity contribution in [3.63, 3.8) is 0 Å². The Morgan fingerprint density at radius 2 is 2.32 bits per heavy atom. The highest BCUT2D eigenvalue weighted by atomic mass is 35.5. The van der Waals surface area contributed by atoms with Crippen LogP contribution < -0.4 is 10.6 Å². The highest BCUT2D eigenvalue weighted by Crippen LogP contribution is 2.20. The van der Waals surface area contributed by atoms with Crippen molar-refractivity contribution in [3.05, 3.63) is 45.1 Å². The summed E-state index contributed by atoms with van der Waals surface area (Å²) in [5, 5.41) is 16.6. The zero-order chi connectivity index (χ0) is 14.3. The van der Waals surface area contributed by atoms with Crippen molar-refractivity contribution in [3.8, 4) is 0 Å². The molecular formula is C12H17ClN4O2. The Hall–Kier alpha value is -1.82. The number of pyridine rings is 1. The predicted octanol–water partition coefficient (Wildman–Crippen LogP) is 2.78. The Morgan fingerprint density at radius 3 is 2.89 bits per heavy atom. The first-order valence-electron chi connectivity index (χ1n) is 6.02. The molecule has 0 fully saturated rings. The fraction of sp³-hybridized carbons (Fsp3) is 0.417. The van der Waals surface area contributed by atoms with Gasteiger partial charge < -0.3 is 10.6 Å². The van der Waals surface area contributed by atoms with Crippen LogP contribution in [0.2, 0.25) is 5.15 Å². The van der Waals surface area contributed by atoms with Crippen LogP contribution >= 0.6 is 11.6 Å². The molecule has 0 aliphatic heterocycles. The lowest BCUT2D eigenvalue weighted by molar-refractivity contribution is -0.403. The van der Waals surface area contributed by atoms with E-state index in [2.05, 4.69) is 22.5 Å². The van der Waals surface area contributed by atoms with Gasteiger partial charge in [-0.25, -0.2) is 4.98 Å². The Morgan fingerprint density at radius 1 is 1.58 bits per heavy atom. The number of halogens is 1. The average Bonchev–Trinajstić information content (AvgIpc) is 2.37. The summed E-state index contributed by atoms with van der Waals surface area (Å²) in [4.78, 5) is 14.2. The van der Waals surface area contributed by atoms with E-state index in [-0.39, 0.29) is 0 Å². The first kappa shape index (κ1) is 15.2. The Kier molecular flexibility index (Phi) is 6.08. The molecule has 0 radical (unpaired) electrons. The molecule has 0 unspecified atom stereocenters. The first-order chi connectivity index (χ1) is 9.06. The molecule has 0 bridgehead atoms. The number of hydrogen-bond acceptors (Lipinski definition) is 5. The number of aryl methyl sites for hydroxylation is 1. The third-order valence-electron chi connectivity index (χ3n) is 2.48. The number of aromatic nitrogens is 1. The molecule has 1 heterocycles. The van der Waals surface area contributed by atoms with Gasteiger partial charge in [-0.1, -0.05) is 24.9 Å². The quantitative estimate of drug-likeness (QED) is 0.457. The first-order valence-corrected chi connectivity index (χ1v) is 6.40. The molecule has 1 rings (SSSR count). The maximum absolute atomic E-state index is 10.5. The van der Waals surface area contributed by atoms with Crippen molar-refractivity contribution in [2.24, 2.45) is 0 Å². The summed E-state index contributed by atoms with van der Waals surface area (Å²) < 4.78 is 0. The summed E-state index contributed by atoms with van der Waals surface area (Å²) in [5.74, 6) is 0.298. The van der Waals surface area contributed by atoms with Crippen LogP contribution in [0.15, 0.2) is 24.2 Å². The molecular weight excluding hydrogens is 268 g/mol. The van der Waals surface area contributed by atoms with E-state index in [1.165, 1.54) is 0 Å². The van der Waals surface area contributed by atoms with Gasteiger partial charge in [-0.15, -0.1) is 0 Å². The summed E-state index contributed by atoms with van der Waals surface area (Å²) in [6, 6.07) is 3.42. The van der Waals surface area contributed by atoms with E-state index in [0.29, 0.717) is 11.0 Å². The van der Waals surface area contributed by atoms with Gasteiger partial charge in [-0.05, 0) is 25.0 Å². The van der Waals surface area contributed by atoms with Gasteiger partial charge in [0.05, 0.1) is 16.3 Å². The molecule has 0 spiro atoms. The van der Waals surface area contributed by atoms with Crippen LogP contribution in [0, 0.1) is 10.1 Å². The van der Waals surface area contributed by atoms with E-state index in [1.807, 2.05) is 0 Å². The van der Waals surface area contributed by atoms with Crippen molar-refractivity contribution >= 4 is 17.3 Å². The van der Waals surface area contributed by atoms with Crippen molar-refractivity contribution in [2.75, 3.05) is 12.4 Å². The maximum atomic E-state index is 10.5. The Balaban J connectivity index is 2.95. The van der Waals surface area contributed by atoms with Gasteiger partial charge in [-0.3, -0.25) is 10.1 Å². The maximum Gasteiger partial charge on any atom is 0.274 e. The zero-order valence-electron chi connectivity index (χ0n) is 10.9. The molecule has 104 valence electrons. The second-order valence-electron chi connectivity index (χ2n) is 3.93. The van der Waals surface area contributed by atoms with E-state index < -0.39 is 4.92 Å². The van der Waals surface area contributed by atoms with E-state index in [9.17, 15) is 10.1 Å². The number of unbranched alkanes of at least 4 members (excludes halogenated alkanes) is 1. The summed E-state index contributed by atoms with van der Waals surface area (Å²) >= 11 is 5.87. The number of nitro groups is 1. The third kappa shape index (κ3) is 5.13. The van der Waals surface area contributed by atoms with Gasteiger partial charge in [0, 0.05) is 7.05 Å². The topological polar surface area (TPSA) is 80.1 Å². The van der Waals surface area contributed by atoms with Crippen LogP contribution in [0.25, 0.3) is 0 Å². The highest BCUT2D eigenvalue weighted by Gasteiger charge is 2.08. The van der Waals surface area contributed by atoms with Crippen LogP contribution in [-0.2, 0) is 6.42 Å². The molecule has 19 heavy (non-hydrogen) atoms. The molecule has 0 saturated carbocycles. The van der Waals surface area contributed by atoms with Crippen molar-refractivity contribution in [1.29, 1.82) is 0 Å². The molecule has 0 saturated heterocycles. The lowest BCUT2D eigenvalue weighted by atomic mass is 10.1. The molecule has 0 aliphatic carbocycles. The second kappa shape index (κ2) is 7.58. The molecule has 0 amide bonds. The van der Waals surface area contributed by atoms with Crippen LogP contribution in [0.1, 0.15) is 25.5 Å². The lowest BCUT2D eigenvalue weighted by Crippen LogP contribution is -2.17. The van der Waals surface area contributed by atoms with Crippen LogP contribution in [-0.4, -0.2) is 17.0 Å². The number of nitrogens with zero attached hydrogens (tertiary/aromatic N) is 2. The molecule has 1 aromatic rings. The van der Waals surface area contributed by atoms with Gasteiger partial charge in [0.15, 0.2) is 5.82 Å². The van der Waals surface area contributed by atoms with Crippen LogP contribution in [0.5, 0.6) is 0 Å². The molecule has 0 aliphatic rings. The summed E-state index contributed by atoms with van der Waals surface area (Å²) in [6.07, 6.45) is 3.67. The fourth-order valence-electron chi connectivity index (χ4n) is 1.53. The van der Waals surface area contributed by atoms with Gasteiger partial charge in [-0.2, -0.15) is 0 Å². The Labute approximate surface area is 117 Å². The minimum atomic E-state index is -0.520. The fourth-order valence-corrected chi connectivity index (χ4v) is 1.70. The Bertz CT molecular complexity index is 477. The van der Waals surface area contributed by atoms with Crippen LogP contribution in [0.4, 0.5) is 5.69 Å². The minimum Gasteiger partial charge on any atom is -0.370 e. The summed E-state index contributed by atoms with van der Waals surface area (Å²) in [7, 11) is 1.61. The number of nitrogens with one attached hydrogen (secondary N) is 2. The third-order valence-corrected chi connectivity index (χ3v) is 2.69. The summed E-state index contributed by atoms with van der Waals surface area (Å²) in [6.45, 7) is 2.09. The molecule has 7 heteroatoms. The number of hydrogen-bond donors (Lipinski definition) is 2. The van der Waals surface area contributed by atoms with Gasteiger partial charge in [0.25, 0.3) is 6.20 Å². The zero-order valence-corrected chi connectivity index (χ0v) is 11.7. The van der Waals surface area contributed by atoms with E-state index in [0.717, 1.165) is 36.8 Å². The number of rotatable bonds is 7. The number of anilines is 1. The van der Waals surface area contributed by atoms with Crippen molar-refractivity contribution < 1.29 is 4.92 Å². The SMILES string of the molecule is CCCCc1nc(Cl)ccc1N/C(=C/[N+](=O)[O-])NC. The van der Waals surface area contributed by atoms with Gasteiger partial charge in [0.1, 0.15) is 5.15 Å². The summed E-state index contributed by atoms with van der Waals surface area (Å²) in [5.41, 5.74) is 1.53. The predicted molar refractivity (Wildman–Crippen MR) is 75.6 cm³/mol. The smallest absolute Gasteiger partial charge is 0.274 e. The van der Waals surface area contributed by atoms with E-state index >= 15 is 0 Å². The highest BCUT2D eigenvalue weighted by molar-refractivity contribution is 6.29. The van der Waals surface area contributed by atoms with E-state index in [1.54, 1.807) is 19.2 Å². The average molecular weight is 285 g/mol. The second-order valence-corrected chi connectivity index (χ2v) is 4.32. The minimum absolute atomic E-state index is 0.298.